The van der Waals surface area contributed by atoms with E-state index in [4.69, 9.17) is 9.72 Å². The summed E-state index contributed by atoms with van der Waals surface area (Å²) in [5, 5.41) is 7.50. The summed E-state index contributed by atoms with van der Waals surface area (Å²) in [6.07, 6.45) is 6.89. The lowest BCUT2D eigenvalue weighted by Gasteiger charge is -2.39. The Balaban J connectivity index is 1.33. The summed E-state index contributed by atoms with van der Waals surface area (Å²) < 4.78 is 7.39. The fourth-order valence-electron chi connectivity index (χ4n) is 6.03. The van der Waals surface area contributed by atoms with E-state index in [9.17, 15) is 9.59 Å². The van der Waals surface area contributed by atoms with E-state index in [-0.39, 0.29) is 30.0 Å². The summed E-state index contributed by atoms with van der Waals surface area (Å²) in [5.41, 5.74) is 4.71. The molecule has 1 unspecified atom stereocenters. The van der Waals surface area contributed by atoms with E-state index in [1.807, 2.05) is 80.4 Å². The molecule has 2 aliphatic rings. The number of nitrogens with one attached hydrogen (secondary N) is 1. The quantitative estimate of drug-likeness (QED) is 0.339. The molecule has 2 saturated heterocycles. The molecule has 9 heteroatoms. The van der Waals surface area contributed by atoms with Gasteiger partial charge in [-0.25, -0.2) is 9.78 Å². The van der Waals surface area contributed by atoms with Crippen LogP contribution in [0.4, 0.5) is 10.6 Å². The first-order chi connectivity index (χ1) is 19.2. The van der Waals surface area contributed by atoms with E-state index in [1.165, 1.54) is 6.92 Å². The van der Waals surface area contributed by atoms with E-state index in [0.717, 1.165) is 53.8 Å². The highest BCUT2D eigenvalue weighted by Crippen LogP contribution is 2.44. The molecule has 2 fully saturated rings. The van der Waals surface area contributed by atoms with Crippen molar-refractivity contribution in [2.45, 2.75) is 77.0 Å². The Hall–Kier alpha value is -4.27. The van der Waals surface area contributed by atoms with Crippen molar-refractivity contribution in [3.63, 3.8) is 0 Å². The Morgan fingerprint density at radius 3 is 2.33 bits per heavy atom. The molecule has 0 aliphatic carbocycles. The molecule has 206 valence electrons. The maximum Gasteiger partial charge on any atom is 0.410 e. The molecule has 6 rings (SSSR count). The van der Waals surface area contributed by atoms with Gasteiger partial charge in [0, 0.05) is 59.6 Å². The molecule has 2 bridgehead atoms. The van der Waals surface area contributed by atoms with Crippen LogP contribution in [-0.2, 0) is 9.53 Å². The van der Waals surface area contributed by atoms with Gasteiger partial charge in [-0.05, 0) is 52.5 Å². The van der Waals surface area contributed by atoms with Gasteiger partial charge in [-0.1, -0.05) is 36.4 Å². The van der Waals surface area contributed by atoms with Crippen molar-refractivity contribution in [3.8, 4) is 22.4 Å². The minimum absolute atomic E-state index is 0.111. The predicted octanol–water partition coefficient (Wildman–Crippen LogP) is 6.06. The van der Waals surface area contributed by atoms with Gasteiger partial charge < -0.3 is 15.0 Å². The van der Waals surface area contributed by atoms with Crippen molar-refractivity contribution in [1.29, 1.82) is 0 Å². The number of carbonyl (C=O) groups excluding carboxylic acids is 2. The number of piperidine rings is 1. The molecule has 3 atom stereocenters. The number of benzene rings is 1. The van der Waals surface area contributed by atoms with Crippen LogP contribution in [0.5, 0.6) is 0 Å². The predicted molar refractivity (Wildman–Crippen MR) is 153 cm³/mol. The molecule has 5 heterocycles. The Bertz CT molecular complexity index is 1540. The standard InChI is InChI=1S/C31H34N6O3/c1-19(38)34-28-16-27(22-14-23-11-12-24(15-22)36(23)30(39)40-31(2,3)4)35-29-25(18-33-37(28)29)21-10-13-26(32-17-21)20-8-6-5-7-9-20/h5-10,13,16-18,22-24H,11-12,14-15H2,1-4H3,(H,34,38)/t22?,23-,24+. The van der Waals surface area contributed by atoms with Crippen LogP contribution < -0.4 is 5.32 Å². The number of nitrogens with zero attached hydrogens (tertiary/aromatic N) is 5. The van der Waals surface area contributed by atoms with Crippen LogP contribution >= 0.6 is 0 Å². The number of aromatic nitrogens is 4. The van der Waals surface area contributed by atoms with Gasteiger partial charge in [0.2, 0.25) is 5.91 Å². The van der Waals surface area contributed by atoms with Gasteiger partial charge in [-0.3, -0.25) is 9.78 Å². The Labute approximate surface area is 233 Å². The normalized spacial score (nSPS) is 20.5. The summed E-state index contributed by atoms with van der Waals surface area (Å²) in [7, 11) is 0. The Morgan fingerprint density at radius 2 is 1.70 bits per heavy atom. The van der Waals surface area contributed by atoms with Gasteiger partial charge in [0.1, 0.15) is 11.4 Å². The lowest BCUT2D eigenvalue weighted by molar-refractivity contribution is -0.114. The van der Waals surface area contributed by atoms with Crippen molar-refractivity contribution in [2.75, 3.05) is 5.32 Å². The molecular formula is C31H34N6O3. The minimum Gasteiger partial charge on any atom is -0.444 e. The molecule has 2 amide bonds. The summed E-state index contributed by atoms with van der Waals surface area (Å²) in [4.78, 5) is 36.8. The van der Waals surface area contributed by atoms with Crippen molar-refractivity contribution >= 4 is 23.5 Å². The zero-order valence-corrected chi connectivity index (χ0v) is 23.3. The first-order valence-corrected chi connectivity index (χ1v) is 13.9. The fourth-order valence-corrected chi connectivity index (χ4v) is 6.03. The third kappa shape index (κ3) is 5.03. The van der Waals surface area contributed by atoms with Crippen LogP contribution in [0.1, 0.15) is 65.0 Å². The molecule has 1 aromatic carbocycles. The number of pyridine rings is 1. The second kappa shape index (κ2) is 10.0. The Morgan fingerprint density at radius 1 is 0.975 bits per heavy atom. The van der Waals surface area contributed by atoms with Gasteiger partial charge in [-0.2, -0.15) is 9.61 Å². The van der Waals surface area contributed by atoms with Crippen LogP contribution in [0, 0.1) is 0 Å². The number of amides is 2. The molecule has 40 heavy (non-hydrogen) atoms. The number of hydrogen-bond acceptors (Lipinski definition) is 6. The average Bonchev–Trinajstić information content (AvgIpc) is 3.46. The zero-order valence-electron chi connectivity index (χ0n) is 23.3. The van der Waals surface area contributed by atoms with E-state index >= 15 is 0 Å². The maximum absolute atomic E-state index is 13.0. The van der Waals surface area contributed by atoms with Crippen LogP contribution in [0.2, 0.25) is 0 Å². The highest BCUT2D eigenvalue weighted by atomic mass is 16.6. The highest BCUT2D eigenvalue weighted by Gasteiger charge is 2.45. The summed E-state index contributed by atoms with van der Waals surface area (Å²) in [6, 6.07) is 16.2. The lowest BCUT2D eigenvalue weighted by Crippen LogP contribution is -2.48. The first kappa shape index (κ1) is 26.0. The van der Waals surface area contributed by atoms with Gasteiger partial charge in [0.25, 0.3) is 0 Å². The second-order valence-electron chi connectivity index (χ2n) is 11.8. The molecule has 0 radical (unpaired) electrons. The number of carbonyl (C=O) groups is 2. The number of ether oxygens (including phenoxy) is 1. The maximum atomic E-state index is 13.0. The molecule has 0 saturated carbocycles. The third-order valence-corrected chi connectivity index (χ3v) is 7.70. The molecule has 3 aromatic heterocycles. The second-order valence-corrected chi connectivity index (χ2v) is 11.8. The molecule has 4 aromatic rings. The van der Waals surface area contributed by atoms with Gasteiger partial charge in [0.05, 0.1) is 11.9 Å². The van der Waals surface area contributed by atoms with Gasteiger partial charge in [-0.15, -0.1) is 0 Å². The molecule has 2 aliphatic heterocycles. The lowest BCUT2D eigenvalue weighted by atomic mass is 9.88. The van der Waals surface area contributed by atoms with Crippen LogP contribution in [-0.4, -0.2) is 54.2 Å². The largest absolute Gasteiger partial charge is 0.444 e. The molecule has 9 nitrogen and oxygen atoms in total. The van der Waals surface area contributed by atoms with Crippen LogP contribution in [0.15, 0.2) is 60.9 Å². The van der Waals surface area contributed by atoms with E-state index < -0.39 is 5.60 Å². The zero-order chi connectivity index (χ0) is 28.0. The Kier molecular flexibility index (Phi) is 6.52. The number of fused-ring (bicyclic) bond motifs is 3. The molecule has 0 spiro atoms. The first-order valence-electron chi connectivity index (χ1n) is 13.9. The summed E-state index contributed by atoms with van der Waals surface area (Å²) in [6.45, 7) is 7.19. The summed E-state index contributed by atoms with van der Waals surface area (Å²) in [5.74, 6) is 0.550. The van der Waals surface area contributed by atoms with Gasteiger partial charge >= 0.3 is 6.09 Å². The SMILES string of the molecule is CC(=O)Nc1cc(C2C[C@H]3CC[C@@H](C2)N3C(=O)OC(C)(C)C)nc2c(-c3ccc(-c4ccccc4)nc3)cnn12. The van der Waals surface area contributed by atoms with E-state index in [0.29, 0.717) is 11.5 Å². The fraction of sp³-hybridized carbons (Fsp3) is 0.387. The molecular weight excluding hydrogens is 504 g/mol. The summed E-state index contributed by atoms with van der Waals surface area (Å²) >= 11 is 0. The van der Waals surface area contributed by atoms with E-state index in [2.05, 4.69) is 15.4 Å². The number of hydrogen-bond donors (Lipinski definition) is 1. The van der Waals surface area contributed by atoms with Crippen molar-refractivity contribution in [1.82, 2.24) is 24.5 Å². The van der Waals surface area contributed by atoms with Gasteiger partial charge in [0.15, 0.2) is 5.65 Å². The number of rotatable bonds is 4. The third-order valence-electron chi connectivity index (χ3n) is 7.70. The van der Waals surface area contributed by atoms with Crippen molar-refractivity contribution < 1.29 is 14.3 Å². The monoisotopic (exact) mass is 538 g/mol. The molecule has 1 N–H and O–H groups in total. The topological polar surface area (TPSA) is 102 Å². The smallest absolute Gasteiger partial charge is 0.410 e. The van der Waals surface area contributed by atoms with Crippen molar-refractivity contribution in [3.05, 3.63) is 66.6 Å². The van der Waals surface area contributed by atoms with Crippen LogP contribution in [0.25, 0.3) is 28.0 Å². The van der Waals surface area contributed by atoms with E-state index in [1.54, 1.807) is 10.7 Å². The highest BCUT2D eigenvalue weighted by molar-refractivity contribution is 5.89. The van der Waals surface area contributed by atoms with Crippen molar-refractivity contribution in [2.24, 2.45) is 0 Å². The number of anilines is 1. The van der Waals surface area contributed by atoms with Crippen LogP contribution in [0.3, 0.4) is 0 Å². The average molecular weight is 539 g/mol. The minimum atomic E-state index is -0.528.